The molecule has 130 valence electrons. The molecule has 1 saturated heterocycles. The zero-order valence-electron chi connectivity index (χ0n) is 14.5. The van der Waals surface area contributed by atoms with Gasteiger partial charge in [0.1, 0.15) is 0 Å². The highest BCUT2D eigenvalue weighted by Crippen LogP contribution is 2.30. The first kappa shape index (κ1) is 17.4. The van der Waals surface area contributed by atoms with Crippen LogP contribution < -0.4 is 0 Å². The SMILES string of the molecule is C=CCC(=O)N1CCO[C@H](CC(c2ccccc2)c2ccccc2)C1. The third-order valence-electron chi connectivity index (χ3n) is 4.71. The molecule has 0 bridgehead atoms. The number of amides is 1. The number of carbonyl (C=O) groups excluding carboxylic acids is 1. The molecule has 3 rings (SSSR count). The van der Waals surface area contributed by atoms with Crippen molar-refractivity contribution in [3.05, 3.63) is 84.4 Å². The van der Waals surface area contributed by atoms with Gasteiger partial charge in [0.25, 0.3) is 0 Å². The normalized spacial score (nSPS) is 17.5. The molecule has 25 heavy (non-hydrogen) atoms. The highest BCUT2D eigenvalue weighted by molar-refractivity contribution is 5.77. The van der Waals surface area contributed by atoms with E-state index in [4.69, 9.17) is 4.74 Å². The van der Waals surface area contributed by atoms with Crippen molar-refractivity contribution in [1.29, 1.82) is 0 Å². The van der Waals surface area contributed by atoms with E-state index in [-0.39, 0.29) is 17.9 Å². The molecule has 2 aromatic rings. The third-order valence-corrected chi connectivity index (χ3v) is 4.71. The second-order valence-corrected chi connectivity index (χ2v) is 6.44. The van der Waals surface area contributed by atoms with Gasteiger partial charge >= 0.3 is 0 Å². The van der Waals surface area contributed by atoms with Crippen molar-refractivity contribution in [2.45, 2.75) is 24.9 Å². The number of carbonyl (C=O) groups is 1. The van der Waals surface area contributed by atoms with E-state index < -0.39 is 0 Å². The molecule has 3 heteroatoms. The van der Waals surface area contributed by atoms with Crippen molar-refractivity contribution in [2.75, 3.05) is 19.7 Å². The van der Waals surface area contributed by atoms with E-state index in [1.54, 1.807) is 6.08 Å². The molecule has 0 spiro atoms. The fraction of sp³-hybridized carbons (Fsp3) is 0.318. The van der Waals surface area contributed by atoms with Crippen molar-refractivity contribution in [1.82, 2.24) is 4.90 Å². The Bertz CT molecular complexity index is 644. The molecule has 1 fully saturated rings. The van der Waals surface area contributed by atoms with Crippen molar-refractivity contribution in [3.8, 4) is 0 Å². The van der Waals surface area contributed by atoms with Crippen LogP contribution in [0.5, 0.6) is 0 Å². The molecular formula is C22H25NO2. The van der Waals surface area contributed by atoms with Gasteiger partial charge in [-0.1, -0.05) is 66.7 Å². The monoisotopic (exact) mass is 335 g/mol. The van der Waals surface area contributed by atoms with Gasteiger partial charge in [-0.05, 0) is 17.5 Å². The largest absolute Gasteiger partial charge is 0.375 e. The maximum absolute atomic E-state index is 12.2. The van der Waals surface area contributed by atoms with Crippen molar-refractivity contribution >= 4 is 5.91 Å². The topological polar surface area (TPSA) is 29.5 Å². The Labute approximate surface area is 149 Å². The predicted octanol–water partition coefficient (Wildman–Crippen LogP) is 4.01. The Hall–Kier alpha value is -2.39. The van der Waals surface area contributed by atoms with Crippen LogP contribution in [0.3, 0.4) is 0 Å². The lowest BCUT2D eigenvalue weighted by Crippen LogP contribution is -2.45. The standard InChI is InChI=1S/C22H25NO2/c1-2-9-22(24)23-14-15-25-20(17-23)16-21(18-10-5-3-6-11-18)19-12-7-4-8-13-19/h2-8,10-13,20-21H,1,9,14-17H2/t20-/m1/s1. The van der Waals surface area contributed by atoms with Crippen LogP contribution in [-0.2, 0) is 9.53 Å². The first-order valence-corrected chi connectivity index (χ1v) is 8.88. The van der Waals surface area contributed by atoms with E-state index in [2.05, 4.69) is 55.1 Å². The van der Waals surface area contributed by atoms with Crippen molar-refractivity contribution in [3.63, 3.8) is 0 Å². The Morgan fingerprint density at radius 2 is 1.72 bits per heavy atom. The molecule has 1 aliphatic heterocycles. The lowest BCUT2D eigenvalue weighted by molar-refractivity contribution is -0.138. The zero-order chi connectivity index (χ0) is 17.5. The first-order valence-electron chi connectivity index (χ1n) is 8.88. The molecule has 1 amide bonds. The molecule has 0 aromatic heterocycles. The van der Waals surface area contributed by atoms with Crippen LogP contribution in [0.1, 0.15) is 29.9 Å². The zero-order valence-corrected chi connectivity index (χ0v) is 14.5. The van der Waals surface area contributed by atoms with Gasteiger partial charge in [-0.15, -0.1) is 6.58 Å². The molecule has 1 aliphatic rings. The Kier molecular flexibility index (Phi) is 6.02. The molecule has 1 heterocycles. The number of benzene rings is 2. The minimum atomic E-state index is 0.0490. The van der Waals surface area contributed by atoms with Crippen LogP contribution in [-0.4, -0.2) is 36.6 Å². The van der Waals surface area contributed by atoms with Gasteiger partial charge in [-0.25, -0.2) is 0 Å². The Morgan fingerprint density at radius 3 is 2.28 bits per heavy atom. The van der Waals surface area contributed by atoms with Crippen molar-refractivity contribution < 1.29 is 9.53 Å². The molecule has 0 saturated carbocycles. The van der Waals surface area contributed by atoms with Gasteiger partial charge in [0.05, 0.1) is 12.7 Å². The summed E-state index contributed by atoms with van der Waals surface area (Å²) in [5.74, 6) is 0.404. The van der Waals surface area contributed by atoms with Crippen LogP contribution in [0.2, 0.25) is 0 Å². The van der Waals surface area contributed by atoms with Crippen LogP contribution in [0.15, 0.2) is 73.3 Å². The molecular weight excluding hydrogens is 310 g/mol. The summed E-state index contributed by atoms with van der Waals surface area (Å²) in [7, 11) is 0. The molecule has 0 radical (unpaired) electrons. The molecule has 2 aromatic carbocycles. The van der Waals surface area contributed by atoms with Gasteiger partial charge in [0.2, 0.25) is 5.91 Å². The second-order valence-electron chi connectivity index (χ2n) is 6.44. The fourth-order valence-corrected chi connectivity index (χ4v) is 3.44. The maximum Gasteiger partial charge on any atom is 0.226 e. The van der Waals surface area contributed by atoms with E-state index in [0.717, 1.165) is 6.42 Å². The minimum Gasteiger partial charge on any atom is -0.375 e. The third kappa shape index (κ3) is 4.58. The minimum absolute atomic E-state index is 0.0490. The molecule has 0 N–H and O–H groups in total. The number of morpholine rings is 1. The Morgan fingerprint density at radius 1 is 1.12 bits per heavy atom. The summed E-state index contributed by atoms with van der Waals surface area (Å²) in [5.41, 5.74) is 2.57. The molecule has 3 nitrogen and oxygen atoms in total. The van der Waals surface area contributed by atoms with E-state index in [0.29, 0.717) is 26.1 Å². The van der Waals surface area contributed by atoms with E-state index in [1.165, 1.54) is 11.1 Å². The summed E-state index contributed by atoms with van der Waals surface area (Å²) < 4.78 is 5.99. The smallest absolute Gasteiger partial charge is 0.226 e. The summed E-state index contributed by atoms with van der Waals surface area (Å²) >= 11 is 0. The maximum atomic E-state index is 12.2. The number of nitrogens with zero attached hydrogens (tertiary/aromatic N) is 1. The predicted molar refractivity (Wildman–Crippen MR) is 100 cm³/mol. The van der Waals surface area contributed by atoms with E-state index in [1.807, 2.05) is 17.0 Å². The highest BCUT2D eigenvalue weighted by atomic mass is 16.5. The van der Waals surface area contributed by atoms with Gasteiger partial charge in [0.15, 0.2) is 0 Å². The van der Waals surface area contributed by atoms with E-state index in [9.17, 15) is 4.79 Å². The van der Waals surface area contributed by atoms with Gasteiger partial charge in [-0.3, -0.25) is 4.79 Å². The summed E-state index contributed by atoms with van der Waals surface area (Å²) in [4.78, 5) is 14.1. The van der Waals surface area contributed by atoms with Crippen molar-refractivity contribution in [2.24, 2.45) is 0 Å². The summed E-state index contributed by atoms with van der Waals surface area (Å²) in [5, 5.41) is 0. The van der Waals surface area contributed by atoms with Gasteiger partial charge in [0, 0.05) is 25.4 Å². The average Bonchev–Trinajstić information content (AvgIpc) is 2.68. The van der Waals surface area contributed by atoms with Gasteiger partial charge < -0.3 is 9.64 Å². The summed E-state index contributed by atoms with van der Waals surface area (Å²) in [6, 6.07) is 21.1. The van der Waals surface area contributed by atoms with E-state index >= 15 is 0 Å². The van der Waals surface area contributed by atoms with Crippen LogP contribution in [0.4, 0.5) is 0 Å². The highest BCUT2D eigenvalue weighted by Gasteiger charge is 2.27. The lowest BCUT2D eigenvalue weighted by atomic mass is 9.86. The number of hydrogen-bond acceptors (Lipinski definition) is 2. The molecule has 1 atom stereocenters. The lowest BCUT2D eigenvalue weighted by Gasteiger charge is -2.35. The van der Waals surface area contributed by atoms with Crippen LogP contribution in [0.25, 0.3) is 0 Å². The first-order chi connectivity index (χ1) is 12.3. The molecule has 0 unspecified atom stereocenters. The van der Waals surface area contributed by atoms with Gasteiger partial charge in [-0.2, -0.15) is 0 Å². The summed E-state index contributed by atoms with van der Waals surface area (Å²) in [6.45, 7) is 5.59. The average molecular weight is 335 g/mol. The quantitative estimate of drug-likeness (QED) is 0.747. The molecule has 0 aliphatic carbocycles. The van der Waals surface area contributed by atoms with Crippen LogP contribution >= 0.6 is 0 Å². The number of rotatable bonds is 6. The van der Waals surface area contributed by atoms with Crippen LogP contribution in [0, 0.1) is 0 Å². The number of hydrogen-bond donors (Lipinski definition) is 0. The fourth-order valence-electron chi connectivity index (χ4n) is 3.44. The number of ether oxygens (including phenoxy) is 1. The second kappa shape index (κ2) is 8.63. The Balaban J connectivity index is 1.76. The summed E-state index contributed by atoms with van der Waals surface area (Å²) in [6.07, 6.45) is 2.98.